The zero-order valence-corrected chi connectivity index (χ0v) is 13.3. The number of pyridine rings is 2. The molecular weight excluding hydrogens is 302 g/mol. The fourth-order valence-corrected chi connectivity index (χ4v) is 2.42. The van der Waals surface area contributed by atoms with Gasteiger partial charge >= 0.3 is 5.97 Å². The Morgan fingerprint density at radius 2 is 2.18 bits per heavy atom. The van der Waals surface area contributed by atoms with Gasteiger partial charge in [-0.15, -0.1) is 11.8 Å². The highest BCUT2D eigenvalue weighted by Gasteiger charge is 2.13. The lowest BCUT2D eigenvalue weighted by Gasteiger charge is -2.11. The SMILES string of the molecule is COc1cc(-c2ccccn2)nc(/C=N/OC(C)=O)c1SC. The van der Waals surface area contributed by atoms with Gasteiger partial charge in [-0.2, -0.15) is 0 Å². The van der Waals surface area contributed by atoms with Gasteiger partial charge in [0.25, 0.3) is 0 Å². The Balaban J connectivity index is 2.49. The van der Waals surface area contributed by atoms with Gasteiger partial charge in [0.1, 0.15) is 11.4 Å². The second-order valence-electron chi connectivity index (χ2n) is 4.16. The van der Waals surface area contributed by atoms with Crippen LogP contribution in [0, 0.1) is 0 Å². The van der Waals surface area contributed by atoms with Crippen LogP contribution in [0.25, 0.3) is 11.4 Å². The van der Waals surface area contributed by atoms with E-state index in [4.69, 9.17) is 4.74 Å². The molecule has 7 heteroatoms. The normalized spacial score (nSPS) is 10.7. The summed E-state index contributed by atoms with van der Waals surface area (Å²) in [6, 6.07) is 7.39. The summed E-state index contributed by atoms with van der Waals surface area (Å²) in [4.78, 5) is 25.0. The summed E-state index contributed by atoms with van der Waals surface area (Å²) in [5.74, 6) is 0.169. The number of ether oxygens (including phenoxy) is 1. The van der Waals surface area contributed by atoms with Crippen LogP contribution in [0.15, 0.2) is 40.5 Å². The molecule has 6 nitrogen and oxygen atoms in total. The van der Waals surface area contributed by atoms with Crippen molar-refractivity contribution in [1.82, 2.24) is 9.97 Å². The highest BCUT2D eigenvalue weighted by Crippen LogP contribution is 2.32. The third-order valence-electron chi connectivity index (χ3n) is 2.67. The van der Waals surface area contributed by atoms with Crippen LogP contribution in [-0.2, 0) is 9.63 Å². The molecule has 0 aliphatic rings. The minimum absolute atomic E-state index is 0.491. The van der Waals surface area contributed by atoms with E-state index in [0.29, 0.717) is 17.1 Å². The van der Waals surface area contributed by atoms with Crippen molar-refractivity contribution in [1.29, 1.82) is 0 Å². The van der Waals surface area contributed by atoms with Gasteiger partial charge in [-0.05, 0) is 18.4 Å². The lowest BCUT2D eigenvalue weighted by molar-refractivity contribution is -0.140. The Hall–Kier alpha value is -2.41. The van der Waals surface area contributed by atoms with E-state index < -0.39 is 5.97 Å². The van der Waals surface area contributed by atoms with E-state index in [1.165, 1.54) is 24.9 Å². The van der Waals surface area contributed by atoms with E-state index in [-0.39, 0.29) is 0 Å². The van der Waals surface area contributed by atoms with E-state index >= 15 is 0 Å². The van der Waals surface area contributed by atoms with E-state index in [0.717, 1.165) is 10.6 Å². The zero-order chi connectivity index (χ0) is 15.9. The number of hydrogen-bond acceptors (Lipinski definition) is 7. The molecule has 2 heterocycles. The Morgan fingerprint density at radius 1 is 1.36 bits per heavy atom. The second-order valence-corrected chi connectivity index (χ2v) is 4.98. The monoisotopic (exact) mass is 317 g/mol. The van der Waals surface area contributed by atoms with Gasteiger partial charge in [-0.3, -0.25) is 4.98 Å². The highest BCUT2D eigenvalue weighted by molar-refractivity contribution is 7.98. The summed E-state index contributed by atoms with van der Waals surface area (Å²) >= 11 is 1.47. The quantitative estimate of drug-likeness (QED) is 0.365. The van der Waals surface area contributed by atoms with Gasteiger partial charge < -0.3 is 9.57 Å². The first kappa shape index (κ1) is 16.0. The van der Waals surface area contributed by atoms with Crippen molar-refractivity contribution in [2.24, 2.45) is 5.16 Å². The summed E-state index contributed by atoms with van der Waals surface area (Å²) < 4.78 is 5.41. The van der Waals surface area contributed by atoms with Gasteiger partial charge in [0.05, 0.1) is 29.6 Å². The van der Waals surface area contributed by atoms with Crippen LogP contribution in [0.4, 0.5) is 0 Å². The number of carbonyl (C=O) groups is 1. The maximum absolute atomic E-state index is 10.8. The van der Waals surface area contributed by atoms with Crippen molar-refractivity contribution in [2.75, 3.05) is 13.4 Å². The highest BCUT2D eigenvalue weighted by atomic mass is 32.2. The molecule has 0 atom stereocenters. The average molecular weight is 317 g/mol. The van der Waals surface area contributed by atoms with Crippen LogP contribution in [0.2, 0.25) is 0 Å². The molecule has 0 aliphatic carbocycles. The molecule has 0 amide bonds. The van der Waals surface area contributed by atoms with Gasteiger partial charge in [0.2, 0.25) is 0 Å². The molecule has 0 aromatic carbocycles. The third-order valence-corrected chi connectivity index (χ3v) is 3.49. The summed E-state index contributed by atoms with van der Waals surface area (Å²) in [7, 11) is 1.59. The Bertz CT molecular complexity index is 690. The number of nitrogens with zero attached hydrogens (tertiary/aromatic N) is 3. The largest absolute Gasteiger partial charge is 0.495 e. The molecule has 0 N–H and O–H groups in total. The fraction of sp³-hybridized carbons (Fsp3) is 0.200. The molecule has 0 unspecified atom stereocenters. The van der Waals surface area contributed by atoms with Gasteiger partial charge in [0.15, 0.2) is 0 Å². The maximum Gasteiger partial charge on any atom is 0.331 e. The van der Waals surface area contributed by atoms with Gasteiger partial charge in [-0.1, -0.05) is 11.2 Å². The molecule has 0 fully saturated rings. The summed E-state index contributed by atoms with van der Waals surface area (Å²) in [6.07, 6.45) is 4.99. The first-order chi connectivity index (χ1) is 10.7. The number of hydrogen-bond donors (Lipinski definition) is 0. The molecule has 0 bridgehead atoms. The molecule has 0 aliphatic heterocycles. The predicted octanol–water partition coefficient (Wildman–Crippen LogP) is 2.77. The van der Waals surface area contributed by atoms with Crippen molar-refractivity contribution in [3.05, 3.63) is 36.2 Å². The zero-order valence-electron chi connectivity index (χ0n) is 12.4. The number of carbonyl (C=O) groups excluding carboxylic acids is 1. The van der Waals surface area contributed by atoms with Crippen LogP contribution in [-0.4, -0.2) is 35.5 Å². The van der Waals surface area contributed by atoms with Crippen molar-refractivity contribution in [2.45, 2.75) is 11.8 Å². The number of rotatable bonds is 5. The lowest BCUT2D eigenvalue weighted by Crippen LogP contribution is -2.00. The molecule has 0 saturated carbocycles. The fourth-order valence-electron chi connectivity index (χ4n) is 1.77. The van der Waals surface area contributed by atoms with Crippen molar-refractivity contribution in [3.8, 4) is 17.1 Å². The Morgan fingerprint density at radius 3 is 2.77 bits per heavy atom. The van der Waals surface area contributed by atoms with Gasteiger partial charge in [-0.25, -0.2) is 9.78 Å². The standard InChI is InChI=1S/C15H15N3O3S/c1-10(19)21-17-9-13-15(22-3)14(20-2)8-12(18-13)11-6-4-5-7-16-11/h4-9H,1-3H3/b17-9+. The van der Waals surface area contributed by atoms with Crippen LogP contribution in [0.5, 0.6) is 5.75 Å². The predicted molar refractivity (Wildman–Crippen MR) is 85.2 cm³/mol. The molecule has 2 rings (SSSR count). The lowest BCUT2D eigenvalue weighted by atomic mass is 10.2. The number of aromatic nitrogens is 2. The van der Waals surface area contributed by atoms with Crippen molar-refractivity contribution >= 4 is 23.9 Å². The van der Waals surface area contributed by atoms with Crippen LogP contribution in [0.1, 0.15) is 12.6 Å². The molecule has 2 aromatic heterocycles. The van der Waals surface area contributed by atoms with Crippen LogP contribution >= 0.6 is 11.8 Å². The molecule has 114 valence electrons. The van der Waals surface area contributed by atoms with E-state index in [1.54, 1.807) is 13.3 Å². The number of thioether (sulfide) groups is 1. The molecule has 2 aromatic rings. The first-order valence-electron chi connectivity index (χ1n) is 6.41. The summed E-state index contributed by atoms with van der Waals surface area (Å²) in [6.45, 7) is 1.28. The van der Waals surface area contributed by atoms with E-state index in [1.807, 2.05) is 30.5 Å². The third kappa shape index (κ3) is 3.82. The number of methoxy groups -OCH3 is 1. The molecule has 22 heavy (non-hydrogen) atoms. The average Bonchev–Trinajstić information content (AvgIpc) is 2.54. The molecule has 0 radical (unpaired) electrons. The Labute approximate surface area is 132 Å². The minimum Gasteiger partial charge on any atom is -0.495 e. The first-order valence-corrected chi connectivity index (χ1v) is 7.63. The smallest absolute Gasteiger partial charge is 0.331 e. The number of oxime groups is 1. The van der Waals surface area contributed by atoms with Crippen LogP contribution in [0.3, 0.4) is 0 Å². The van der Waals surface area contributed by atoms with Crippen molar-refractivity contribution in [3.63, 3.8) is 0 Å². The molecule has 0 spiro atoms. The van der Waals surface area contributed by atoms with E-state index in [2.05, 4.69) is 20.0 Å². The maximum atomic E-state index is 10.8. The van der Waals surface area contributed by atoms with Crippen molar-refractivity contribution < 1.29 is 14.4 Å². The van der Waals surface area contributed by atoms with Gasteiger partial charge in [0, 0.05) is 19.2 Å². The topological polar surface area (TPSA) is 73.7 Å². The second kappa shape index (κ2) is 7.56. The minimum atomic E-state index is -0.491. The molecule has 0 saturated heterocycles. The van der Waals surface area contributed by atoms with E-state index in [9.17, 15) is 4.79 Å². The van der Waals surface area contributed by atoms with Crippen LogP contribution < -0.4 is 4.74 Å². The summed E-state index contributed by atoms with van der Waals surface area (Å²) in [5.41, 5.74) is 1.92. The summed E-state index contributed by atoms with van der Waals surface area (Å²) in [5, 5.41) is 3.63. The Kier molecular flexibility index (Phi) is 5.48. The molecular formula is C15H15N3O3S.